The van der Waals surface area contributed by atoms with Crippen molar-refractivity contribution in [1.82, 2.24) is 0 Å². The second kappa shape index (κ2) is 9.51. The van der Waals surface area contributed by atoms with E-state index in [0.29, 0.717) is 0 Å². The molecule has 0 aliphatic heterocycles. The molecule has 0 aliphatic carbocycles. The lowest BCUT2D eigenvalue weighted by molar-refractivity contribution is 0.449. The summed E-state index contributed by atoms with van der Waals surface area (Å²) in [5, 5.41) is 0. The number of nitrogens with two attached hydrogens (primary N) is 2. The van der Waals surface area contributed by atoms with Crippen LogP contribution in [-0.2, 0) is 20.2 Å². The van der Waals surface area contributed by atoms with Gasteiger partial charge in [-0.15, -0.1) is 0 Å². The van der Waals surface area contributed by atoms with E-state index in [-0.39, 0.29) is 45.5 Å². The summed E-state index contributed by atoms with van der Waals surface area (Å²) in [6.07, 6.45) is 0. The Bertz CT molecular complexity index is 1540. The molecule has 36 heavy (non-hydrogen) atoms. The van der Waals surface area contributed by atoms with Gasteiger partial charge in [0, 0.05) is 0 Å². The van der Waals surface area contributed by atoms with Gasteiger partial charge in [-0.2, -0.15) is 16.8 Å². The Morgan fingerprint density at radius 3 is 1.22 bits per heavy atom. The number of hydrogen-bond acceptors (Lipinski definition) is 8. The van der Waals surface area contributed by atoms with E-state index in [2.05, 4.69) is 0 Å². The average Bonchev–Trinajstić information content (AvgIpc) is 2.81. The number of benzene rings is 4. The van der Waals surface area contributed by atoms with Gasteiger partial charge in [-0.25, -0.2) is 0 Å². The van der Waals surface area contributed by atoms with Crippen LogP contribution in [0.2, 0.25) is 0 Å². The molecule has 0 bridgehead atoms. The van der Waals surface area contributed by atoms with Crippen molar-refractivity contribution < 1.29 is 35.4 Å². The maximum Gasteiger partial charge on any atom is 0.298 e. The quantitative estimate of drug-likeness (QED) is 0.196. The fourth-order valence-electron chi connectivity index (χ4n) is 3.33. The van der Waals surface area contributed by atoms with Gasteiger partial charge in [-0.05, 0) is 59.7 Å². The molecule has 4 aromatic carbocycles. The van der Waals surface area contributed by atoms with Gasteiger partial charge in [0.15, 0.2) is 0 Å². The van der Waals surface area contributed by atoms with Crippen LogP contribution >= 0.6 is 0 Å². The van der Waals surface area contributed by atoms with Gasteiger partial charge in [-0.1, -0.05) is 36.4 Å². The Labute approximate surface area is 207 Å². The molecule has 6 N–H and O–H groups in total. The smallest absolute Gasteiger partial charge is 0.298 e. The fraction of sp³-hybridized carbons (Fsp3) is 0. The van der Waals surface area contributed by atoms with Gasteiger partial charge >= 0.3 is 0 Å². The van der Waals surface area contributed by atoms with Crippen LogP contribution in [-0.4, -0.2) is 25.9 Å². The van der Waals surface area contributed by atoms with E-state index in [1.165, 1.54) is 36.4 Å². The molecule has 0 spiro atoms. The van der Waals surface area contributed by atoms with E-state index >= 15 is 0 Å². The summed E-state index contributed by atoms with van der Waals surface area (Å²) in [4.78, 5) is -1.15. The zero-order valence-electron chi connectivity index (χ0n) is 18.4. The lowest BCUT2D eigenvalue weighted by atomic mass is 10.1. The third-order valence-electron chi connectivity index (χ3n) is 5.05. The number of anilines is 2. The Balaban J connectivity index is 1.79. The molecule has 0 saturated heterocycles. The van der Waals surface area contributed by atoms with Gasteiger partial charge in [0.25, 0.3) is 20.2 Å². The molecule has 4 aromatic rings. The molecule has 0 unspecified atom stereocenters. The van der Waals surface area contributed by atoms with Crippen LogP contribution in [0.25, 0.3) is 11.1 Å². The van der Waals surface area contributed by atoms with E-state index in [0.717, 1.165) is 12.1 Å². The van der Waals surface area contributed by atoms with Crippen LogP contribution < -0.4 is 20.9 Å². The van der Waals surface area contributed by atoms with Crippen molar-refractivity contribution in [1.29, 1.82) is 0 Å². The second-order valence-corrected chi connectivity index (χ2v) is 10.3. The standard InChI is InChI=1S/C24H20N2O8S2/c25-17-5-1-3-7-19(17)33-21-11-9-15(13-23(21)35(27,28)29)16-10-12-22(24(14-16)36(30,31)32)34-20-8-4-2-6-18(20)26/h1-14H,25-26H2,(H,27,28,29)(H,30,31,32). The third-order valence-corrected chi connectivity index (χ3v) is 6.80. The molecule has 0 radical (unpaired) electrons. The minimum Gasteiger partial charge on any atom is -0.454 e. The van der Waals surface area contributed by atoms with Crippen LogP contribution in [0.15, 0.2) is 94.7 Å². The monoisotopic (exact) mass is 528 g/mol. The minimum absolute atomic E-state index is 0.172. The van der Waals surface area contributed by atoms with Crippen molar-refractivity contribution in [2.45, 2.75) is 9.79 Å². The van der Waals surface area contributed by atoms with E-state index in [9.17, 15) is 25.9 Å². The summed E-state index contributed by atoms with van der Waals surface area (Å²) < 4.78 is 79.2. The zero-order chi connectivity index (χ0) is 26.1. The van der Waals surface area contributed by atoms with Crippen LogP contribution in [0.1, 0.15) is 0 Å². The first-order valence-electron chi connectivity index (χ1n) is 10.2. The Morgan fingerprint density at radius 1 is 0.528 bits per heavy atom. The summed E-state index contributed by atoms with van der Waals surface area (Å²) in [7, 11) is -9.52. The summed E-state index contributed by atoms with van der Waals surface area (Å²) in [6.45, 7) is 0. The minimum atomic E-state index is -4.76. The molecule has 4 rings (SSSR count). The van der Waals surface area contributed by atoms with Crippen molar-refractivity contribution in [2.24, 2.45) is 0 Å². The average molecular weight is 529 g/mol. The number of hydrogen-bond donors (Lipinski definition) is 4. The molecular formula is C24H20N2O8S2. The normalized spacial score (nSPS) is 11.7. The number of rotatable bonds is 7. The highest BCUT2D eigenvalue weighted by atomic mass is 32.2. The summed E-state index contributed by atoms with van der Waals surface area (Å²) in [5.41, 5.74) is 12.6. The van der Waals surface area contributed by atoms with Gasteiger partial charge < -0.3 is 20.9 Å². The van der Waals surface area contributed by atoms with E-state index < -0.39 is 30.0 Å². The molecule has 0 fully saturated rings. The van der Waals surface area contributed by atoms with Crippen molar-refractivity contribution >= 4 is 31.6 Å². The van der Waals surface area contributed by atoms with Gasteiger partial charge in [0.2, 0.25) is 0 Å². The first-order chi connectivity index (χ1) is 16.9. The predicted octanol–water partition coefficient (Wildman–Crippen LogP) is 4.60. The summed E-state index contributed by atoms with van der Waals surface area (Å²) in [5.74, 6) is -0.0571. The molecule has 10 nitrogen and oxygen atoms in total. The van der Waals surface area contributed by atoms with Crippen LogP contribution in [0, 0.1) is 0 Å². The molecule has 186 valence electrons. The van der Waals surface area contributed by atoms with Crippen molar-refractivity contribution in [3.05, 3.63) is 84.9 Å². The summed E-state index contributed by atoms with van der Waals surface area (Å²) in [6, 6.07) is 20.4. The van der Waals surface area contributed by atoms with Crippen molar-refractivity contribution in [3.8, 4) is 34.1 Å². The van der Waals surface area contributed by atoms with Gasteiger partial charge in [-0.3, -0.25) is 9.11 Å². The van der Waals surface area contributed by atoms with Crippen LogP contribution in [0.5, 0.6) is 23.0 Å². The molecule has 12 heteroatoms. The number of para-hydroxylation sites is 4. The maximum atomic E-state index is 12.1. The topological polar surface area (TPSA) is 179 Å². The molecule has 0 aromatic heterocycles. The maximum absolute atomic E-state index is 12.1. The van der Waals surface area contributed by atoms with Gasteiger partial charge in [0.1, 0.15) is 32.8 Å². The lowest BCUT2D eigenvalue weighted by Gasteiger charge is -2.14. The van der Waals surface area contributed by atoms with E-state index in [1.807, 2.05) is 0 Å². The molecule has 0 saturated carbocycles. The Hall–Kier alpha value is -4.10. The van der Waals surface area contributed by atoms with E-state index in [4.69, 9.17) is 20.9 Å². The third kappa shape index (κ3) is 5.42. The van der Waals surface area contributed by atoms with Gasteiger partial charge in [0.05, 0.1) is 11.4 Å². The molecular weight excluding hydrogens is 508 g/mol. The Morgan fingerprint density at radius 2 is 0.889 bits per heavy atom. The van der Waals surface area contributed by atoms with Crippen LogP contribution in [0.3, 0.4) is 0 Å². The molecule has 0 amide bonds. The number of ether oxygens (including phenoxy) is 2. The first kappa shape index (κ1) is 25.0. The Kier molecular flexibility index (Phi) is 6.61. The van der Waals surface area contributed by atoms with E-state index in [1.54, 1.807) is 36.4 Å². The highest BCUT2D eigenvalue weighted by Crippen LogP contribution is 2.38. The largest absolute Gasteiger partial charge is 0.454 e. The lowest BCUT2D eigenvalue weighted by Crippen LogP contribution is -2.04. The SMILES string of the molecule is Nc1ccccc1Oc1ccc(-c2ccc(Oc3ccccc3N)c(S(=O)(=O)O)c2)cc1S(=O)(=O)O. The predicted molar refractivity (Wildman–Crippen MR) is 133 cm³/mol. The number of nitrogen functional groups attached to an aromatic ring is 2. The first-order valence-corrected chi connectivity index (χ1v) is 13.1. The van der Waals surface area contributed by atoms with Crippen LogP contribution in [0.4, 0.5) is 11.4 Å². The van der Waals surface area contributed by atoms with Crippen molar-refractivity contribution in [3.63, 3.8) is 0 Å². The summed E-state index contributed by atoms with van der Waals surface area (Å²) >= 11 is 0. The highest BCUT2D eigenvalue weighted by molar-refractivity contribution is 7.86. The molecule has 0 aliphatic rings. The zero-order valence-corrected chi connectivity index (χ0v) is 20.0. The van der Waals surface area contributed by atoms with Crippen molar-refractivity contribution in [2.75, 3.05) is 11.5 Å². The molecule has 0 heterocycles. The fourth-order valence-corrected chi connectivity index (χ4v) is 4.61. The highest BCUT2D eigenvalue weighted by Gasteiger charge is 2.22. The second-order valence-electron chi connectivity index (χ2n) is 7.55. The molecule has 0 atom stereocenters.